The molecule has 1 aliphatic heterocycles. The summed E-state index contributed by atoms with van der Waals surface area (Å²) < 4.78 is 4.07. The first-order chi connectivity index (χ1) is 16.1. The van der Waals surface area contributed by atoms with Crippen LogP contribution in [0, 0.1) is 6.92 Å². The Morgan fingerprint density at radius 2 is 1.94 bits per heavy atom. The Morgan fingerprint density at radius 1 is 1.12 bits per heavy atom. The summed E-state index contributed by atoms with van der Waals surface area (Å²) in [5.41, 5.74) is 3.78. The fraction of sp³-hybridized carbons (Fsp3) is 0.269. The van der Waals surface area contributed by atoms with E-state index in [0.29, 0.717) is 21.6 Å². The second-order valence-corrected chi connectivity index (χ2v) is 9.62. The van der Waals surface area contributed by atoms with Gasteiger partial charge >= 0.3 is 0 Å². The zero-order chi connectivity index (χ0) is 22.7. The number of nitrogens with zero attached hydrogens (tertiary/aromatic N) is 3. The van der Waals surface area contributed by atoms with Gasteiger partial charge in [0.25, 0.3) is 11.5 Å². The third-order valence-corrected chi connectivity index (χ3v) is 7.90. The number of aryl methyl sites for hydroxylation is 3. The van der Waals surface area contributed by atoms with E-state index in [4.69, 9.17) is 4.98 Å². The van der Waals surface area contributed by atoms with Crippen molar-refractivity contribution < 1.29 is 4.79 Å². The van der Waals surface area contributed by atoms with E-state index in [1.165, 1.54) is 22.2 Å². The maximum absolute atomic E-state index is 13.3. The molecule has 0 aliphatic carbocycles. The number of carbonyl (C=O) groups excluding carboxylic acids is 1. The van der Waals surface area contributed by atoms with Crippen LogP contribution >= 0.6 is 11.3 Å². The Hall–Kier alpha value is -3.45. The van der Waals surface area contributed by atoms with Crippen molar-refractivity contribution in [2.24, 2.45) is 0 Å². The van der Waals surface area contributed by atoms with Gasteiger partial charge in [-0.15, -0.1) is 11.3 Å². The summed E-state index contributed by atoms with van der Waals surface area (Å²) in [5, 5.41) is 5.93. The van der Waals surface area contributed by atoms with E-state index in [0.717, 1.165) is 53.8 Å². The zero-order valence-corrected chi connectivity index (χ0v) is 19.5. The molecule has 1 N–H and O–H groups in total. The van der Waals surface area contributed by atoms with Crippen LogP contribution in [0.1, 0.15) is 40.8 Å². The highest BCUT2D eigenvalue weighted by Gasteiger charge is 2.23. The minimum absolute atomic E-state index is 0.0173. The van der Waals surface area contributed by atoms with Crippen molar-refractivity contribution in [2.75, 3.05) is 5.32 Å². The molecular weight excluding hydrogens is 432 g/mol. The monoisotopic (exact) mass is 456 g/mol. The number of rotatable bonds is 3. The molecule has 1 amide bonds. The lowest BCUT2D eigenvalue weighted by Gasteiger charge is -2.16. The Morgan fingerprint density at radius 3 is 2.79 bits per heavy atom. The SMILES string of the molecule is CCn1c2ccccc2c2cc(NC(=O)c3sc4nc5n(c(=O)c4c3C)CCCC5)ccc21. The number of para-hydroxylation sites is 1. The Labute approximate surface area is 194 Å². The minimum Gasteiger partial charge on any atom is -0.341 e. The Balaban J connectivity index is 1.41. The Kier molecular flexibility index (Phi) is 4.62. The van der Waals surface area contributed by atoms with Gasteiger partial charge in [-0.05, 0) is 56.5 Å². The molecule has 33 heavy (non-hydrogen) atoms. The van der Waals surface area contributed by atoms with E-state index in [1.807, 2.05) is 25.1 Å². The molecule has 0 saturated heterocycles. The van der Waals surface area contributed by atoms with Crippen LogP contribution in [0.2, 0.25) is 0 Å². The molecule has 0 unspecified atom stereocenters. The third-order valence-electron chi connectivity index (χ3n) is 6.71. The summed E-state index contributed by atoms with van der Waals surface area (Å²) in [7, 11) is 0. The Bertz CT molecular complexity index is 1640. The van der Waals surface area contributed by atoms with Crippen LogP contribution in [0.25, 0.3) is 32.0 Å². The van der Waals surface area contributed by atoms with Crippen molar-refractivity contribution in [3.05, 3.63) is 69.1 Å². The third kappa shape index (κ3) is 3.03. The van der Waals surface area contributed by atoms with Gasteiger partial charge in [-0.3, -0.25) is 14.2 Å². The molecule has 5 aromatic rings. The second-order valence-electron chi connectivity index (χ2n) is 8.63. The molecule has 6 nitrogen and oxygen atoms in total. The van der Waals surface area contributed by atoms with Gasteiger partial charge in [-0.25, -0.2) is 4.98 Å². The standard InChI is InChI=1S/C26H24N4O2S/c1-3-29-19-9-5-4-8-17(19)18-14-16(11-12-20(18)29)27-24(31)23-15(2)22-25(33-23)28-21-10-6-7-13-30(21)26(22)32/h4-5,8-9,11-12,14H,3,6-7,10,13H2,1-2H3,(H,27,31). The lowest BCUT2D eigenvalue weighted by molar-refractivity contribution is 0.103. The molecule has 3 aromatic heterocycles. The maximum Gasteiger partial charge on any atom is 0.266 e. The van der Waals surface area contributed by atoms with Gasteiger partial charge in [0.05, 0.1) is 10.3 Å². The van der Waals surface area contributed by atoms with Crippen molar-refractivity contribution in [3.8, 4) is 0 Å². The average Bonchev–Trinajstić information content (AvgIpc) is 3.33. The fourth-order valence-electron chi connectivity index (χ4n) is 5.11. The van der Waals surface area contributed by atoms with E-state index in [9.17, 15) is 9.59 Å². The quantitative estimate of drug-likeness (QED) is 0.391. The minimum atomic E-state index is -0.198. The average molecular weight is 457 g/mol. The maximum atomic E-state index is 13.3. The number of hydrogen-bond donors (Lipinski definition) is 1. The van der Waals surface area contributed by atoms with E-state index >= 15 is 0 Å². The van der Waals surface area contributed by atoms with E-state index in [1.54, 1.807) is 4.57 Å². The number of hydrogen-bond acceptors (Lipinski definition) is 4. The first kappa shape index (κ1) is 20.2. The largest absolute Gasteiger partial charge is 0.341 e. The van der Waals surface area contributed by atoms with Crippen LogP contribution in [0.5, 0.6) is 0 Å². The van der Waals surface area contributed by atoms with Crippen molar-refractivity contribution in [2.45, 2.75) is 46.2 Å². The van der Waals surface area contributed by atoms with E-state index < -0.39 is 0 Å². The first-order valence-corrected chi connectivity index (χ1v) is 12.2. The van der Waals surface area contributed by atoms with Crippen molar-refractivity contribution in [3.63, 3.8) is 0 Å². The smallest absolute Gasteiger partial charge is 0.266 e. The van der Waals surface area contributed by atoms with Gasteiger partial charge in [0.2, 0.25) is 0 Å². The molecule has 1 aliphatic rings. The zero-order valence-electron chi connectivity index (χ0n) is 18.6. The molecule has 166 valence electrons. The van der Waals surface area contributed by atoms with E-state index in [-0.39, 0.29) is 11.5 Å². The van der Waals surface area contributed by atoms with Gasteiger partial charge < -0.3 is 9.88 Å². The number of fused-ring (bicyclic) bond motifs is 5. The molecular formula is C26H24N4O2S. The predicted octanol–water partition coefficient (Wildman–Crippen LogP) is 5.48. The molecule has 4 heterocycles. The lowest BCUT2D eigenvalue weighted by atomic mass is 10.1. The van der Waals surface area contributed by atoms with Crippen LogP contribution in [-0.2, 0) is 19.5 Å². The molecule has 0 radical (unpaired) electrons. The number of carbonyl (C=O) groups is 1. The summed E-state index contributed by atoms with van der Waals surface area (Å²) in [6.45, 7) is 5.58. The van der Waals surface area contributed by atoms with Crippen molar-refractivity contribution in [1.82, 2.24) is 14.1 Å². The highest BCUT2D eigenvalue weighted by molar-refractivity contribution is 7.20. The van der Waals surface area contributed by atoms with Gasteiger partial charge in [-0.2, -0.15) is 0 Å². The molecule has 0 saturated carbocycles. The highest BCUT2D eigenvalue weighted by atomic mass is 32.1. The van der Waals surface area contributed by atoms with Crippen LogP contribution < -0.4 is 10.9 Å². The number of nitrogens with one attached hydrogen (secondary N) is 1. The van der Waals surface area contributed by atoms with Gasteiger partial charge in [-0.1, -0.05) is 18.2 Å². The number of benzene rings is 2. The molecule has 7 heteroatoms. The van der Waals surface area contributed by atoms with Crippen LogP contribution in [0.4, 0.5) is 5.69 Å². The van der Waals surface area contributed by atoms with Crippen LogP contribution in [0.15, 0.2) is 47.3 Å². The lowest BCUT2D eigenvalue weighted by Crippen LogP contribution is -2.28. The summed E-state index contributed by atoms with van der Waals surface area (Å²) >= 11 is 1.31. The number of thiophene rings is 1. The van der Waals surface area contributed by atoms with Crippen LogP contribution in [0.3, 0.4) is 0 Å². The molecule has 6 rings (SSSR count). The van der Waals surface area contributed by atoms with Crippen molar-refractivity contribution >= 4 is 55.0 Å². The topological polar surface area (TPSA) is 68.9 Å². The summed E-state index contributed by atoms with van der Waals surface area (Å²) in [6, 6.07) is 14.4. The highest BCUT2D eigenvalue weighted by Crippen LogP contribution is 2.32. The number of anilines is 1. The van der Waals surface area contributed by atoms with E-state index in [2.05, 4.69) is 41.1 Å². The normalized spacial score (nSPS) is 13.6. The number of amides is 1. The molecule has 0 bridgehead atoms. The second kappa shape index (κ2) is 7.56. The van der Waals surface area contributed by atoms with Gasteiger partial charge in [0.15, 0.2) is 0 Å². The molecule has 0 atom stereocenters. The van der Waals surface area contributed by atoms with Gasteiger partial charge in [0, 0.05) is 47.0 Å². The molecule has 0 fully saturated rings. The van der Waals surface area contributed by atoms with Crippen LogP contribution in [-0.4, -0.2) is 20.0 Å². The fourth-order valence-corrected chi connectivity index (χ4v) is 6.20. The first-order valence-electron chi connectivity index (χ1n) is 11.4. The summed E-state index contributed by atoms with van der Waals surface area (Å²) in [6.07, 6.45) is 2.86. The summed E-state index contributed by atoms with van der Waals surface area (Å²) in [4.78, 5) is 32.3. The van der Waals surface area contributed by atoms with Crippen molar-refractivity contribution in [1.29, 1.82) is 0 Å². The van der Waals surface area contributed by atoms with Gasteiger partial charge in [0.1, 0.15) is 10.7 Å². The molecule has 2 aromatic carbocycles. The molecule has 0 spiro atoms. The number of aromatic nitrogens is 3. The predicted molar refractivity (Wildman–Crippen MR) is 135 cm³/mol. The summed E-state index contributed by atoms with van der Waals surface area (Å²) in [5.74, 6) is 0.640.